The van der Waals surface area contributed by atoms with Gasteiger partial charge in [-0.05, 0) is 47.6 Å². The fourth-order valence-corrected chi connectivity index (χ4v) is 3.26. The lowest BCUT2D eigenvalue weighted by Gasteiger charge is -2.19. The van der Waals surface area contributed by atoms with Gasteiger partial charge in [0.2, 0.25) is 0 Å². The first kappa shape index (κ1) is 14.8. The molecule has 5 nitrogen and oxygen atoms in total. The Labute approximate surface area is 134 Å². The number of urea groups is 1. The molecule has 2 aromatic heterocycles. The molecule has 0 saturated carbocycles. The molecule has 3 rings (SSSR count). The molecule has 2 heterocycles. The van der Waals surface area contributed by atoms with Crippen molar-refractivity contribution in [2.45, 2.75) is 32.4 Å². The van der Waals surface area contributed by atoms with Gasteiger partial charge in [0.15, 0.2) is 0 Å². The van der Waals surface area contributed by atoms with Crippen LogP contribution in [0.5, 0.6) is 0 Å². The Kier molecular flexibility index (Phi) is 4.90. The zero-order valence-electron chi connectivity index (χ0n) is 12.4. The van der Waals surface area contributed by atoms with Crippen molar-refractivity contribution in [3.8, 4) is 0 Å². The van der Waals surface area contributed by atoms with Gasteiger partial charge in [-0.25, -0.2) is 9.48 Å². The molecule has 0 spiro atoms. The monoisotopic (exact) mass is 316 g/mol. The summed E-state index contributed by atoms with van der Waals surface area (Å²) in [6.07, 6.45) is 9.60. The van der Waals surface area contributed by atoms with Crippen LogP contribution in [0.1, 0.15) is 24.8 Å². The third-order valence-corrected chi connectivity index (χ3v) is 4.53. The van der Waals surface area contributed by atoms with Crippen molar-refractivity contribution in [2.75, 3.05) is 5.32 Å². The lowest BCUT2D eigenvalue weighted by molar-refractivity contribution is 0.251. The van der Waals surface area contributed by atoms with Crippen LogP contribution in [0, 0.1) is 5.92 Å². The normalized spacial score (nSPS) is 17.4. The van der Waals surface area contributed by atoms with E-state index in [1.54, 1.807) is 17.5 Å². The molecular formula is C16H20N4OS. The van der Waals surface area contributed by atoms with Gasteiger partial charge in [-0.2, -0.15) is 16.4 Å². The van der Waals surface area contributed by atoms with E-state index in [0.29, 0.717) is 12.5 Å². The summed E-state index contributed by atoms with van der Waals surface area (Å²) in [5.41, 5.74) is 1.11. The minimum atomic E-state index is -0.198. The predicted molar refractivity (Wildman–Crippen MR) is 88.9 cm³/mol. The number of nitrogens with zero attached hydrogens (tertiary/aromatic N) is 2. The van der Waals surface area contributed by atoms with Crippen molar-refractivity contribution in [3.05, 3.63) is 46.8 Å². The van der Waals surface area contributed by atoms with Crippen molar-refractivity contribution in [3.63, 3.8) is 0 Å². The first-order chi connectivity index (χ1) is 10.8. The van der Waals surface area contributed by atoms with Crippen molar-refractivity contribution < 1.29 is 4.79 Å². The lowest BCUT2D eigenvalue weighted by Crippen LogP contribution is -2.29. The fraction of sp³-hybridized carbons (Fsp3) is 0.375. The maximum absolute atomic E-state index is 12.0. The second-order valence-electron chi connectivity index (χ2n) is 5.49. The maximum atomic E-state index is 12.0. The molecule has 6 heteroatoms. The minimum absolute atomic E-state index is 0.198. The quantitative estimate of drug-likeness (QED) is 0.828. The maximum Gasteiger partial charge on any atom is 0.320 e. The van der Waals surface area contributed by atoms with E-state index < -0.39 is 0 Å². The van der Waals surface area contributed by atoms with Crippen LogP contribution < -0.4 is 10.6 Å². The van der Waals surface area contributed by atoms with Crippen LogP contribution >= 0.6 is 11.3 Å². The van der Waals surface area contributed by atoms with Crippen molar-refractivity contribution in [1.82, 2.24) is 15.1 Å². The number of allylic oxidation sites excluding steroid dienone is 2. The number of nitrogens with one attached hydrogen (secondary N) is 2. The number of rotatable bonds is 5. The SMILES string of the molecule is O=C(NCc1ccsc1)Nc1ccnn1C[C@@H]1CC=CCC1. The number of carbonyl (C=O) groups is 1. The Hall–Kier alpha value is -2.08. The molecule has 0 bridgehead atoms. The summed E-state index contributed by atoms with van der Waals surface area (Å²) < 4.78 is 1.88. The third kappa shape index (κ3) is 3.98. The topological polar surface area (TPSA) is 59.0 Å². The first-order valence-corrected chi connectivity index (χ1v) is 8.48. The summed E-state index contributed by atoms with van der Waals surface area (Å²) in [6, 6.07) is 3.64. The van der Waals surface area contributed by atoms with Gasteiger partial charge < -0.3 is 5.32 Å². The largest absolute Gasteiger partial charge is 0.334 e. The van der Waals surface area contributed by atoms with E-state index in [1.165, 1.54) is 6.42 Å². The van der Waals surface area contributed by atoms with Crippen LogP contribution in [0.4, 0.5) is 10.6 Å². The Balaban J connectivity index is 1.52. The summed E-state index contributed by atoms with van der Waals surface area (Å²) in [5, 5.41) is 14.1. The second kappa shape index (κ2) is 7.26. The van der Waals surface area contributed by atoms with Gasteiger partial charge in [-0.3, -0.25) is 5.32 Å². The van der Waals surface area contributed by atoms with Crippen LogP contribution in [0.15, 0.2) is 41.2 Å². The van der Waals surface area contributed by atoms with Gasteiger partial charge in [0.25, 0.3) is 0 Å². The zero-order valence-corrected chi connectivity index (χ0v) is 13.2. The standard InChI is InChI=1S/C16H20N4OS/c21-16(17-10-14-7-9-22-12-14)19-15-6-8-18-20(15)11-13-4-2-1-3-5-13/h1-2,6-9,12-13H,3-5,10-11H2,(H2,17,19,21)/t13-/m1/s1. The van der Waals surface area contributed by atoms with E-state index in [2.05, 4.69) is 27.9 Å². The molecule has 0 unspecified atom stereocenters. The summed E-state index contributed by atoms with van der Waals surface area (Å²) in [5.74, 6) is 1.34. The molecule has 2 aromatic rings. The third-order valence-electron chi connectivity index (χ3n) is 3.80. The molecule has 0 aliphatic heterocycles. The summed E-state index contributed by atoms with van der Waals surface area (Å²) in [7, 11) is 0. The molecule has 116 valence electrons. The average molecular weight is 316 g/mol. The molecule has 1 aliphatic rings. The number of hydrogen-bond donors (Lipinski definition) is 2. The molecule has 0 radical (unpaired) electrons. The van der Waals surface area contributed by atoms with Crippen LogP contribution in [-0.2, 0) is 13.1 Å². The van der Waals surface area contributed by atoms with Crippen molar-refractivity contribution in [1.29, 1.82) is 0 Å². The number of hydrogen-bond acceptors (Lipinski definition) is 3. The highest BCUT2D eigenvalue weighted by molar-refractivity contribution is 7.07. The number of amides is 2. The van der Waals surface area contributed by atoms with E-state index in [9.17, 15) is 4.79 Å². The molecule has 1 aliphatic carbocycles. The van der Waals surface area contributed by atoms with E-state index >= 15 is 0 Å². The second-order valence-corrected chi connectivity index (χ2v) is 6.27. The molecule has 1 atom stereocenters. The highest BCUT2D eigenvalue weighted by Crippen LogP contribution is 2.21. The number of aromatic nitrogens is 2. The molecule has 2 amide bonds. The first-order valence-electron chi connectivity index (χ1n) is 7.54. The Morgan fingerprint density at radius 2 is 2.36 bits per heavy atom. The molecule has 0 saturated heterocycles. The van der Waals surface area contributed by atoms with E-state index in [0.717, 1.165) is 30.8 Å². The number of carbonyl (C=O) groups excluding carboxylic acids is 1. The fourth-order valence-electron chi connectivity index (χ4n) is 2.59. The van der Waals surface area contributed by atoms with Crippen molar-refractivity contribution in [2.24, 2.45) is 5.92 Å². The summed E-state index contributed by atoms with van der Waals surface area (Å²) in [6.45, 7) is 1.38. The van der Waals surface area contributed by atoms with Crippen molar-refractivity contribution >= 4 is 23.2 Å². The minimum Gasteiger partial charge on any atom is -0.334 e. The zero-order chi connectivity index (χ0) is 15.2. The smallest absolute Gasteiger partial charge is 0.320 e. The molecule has 0 aromatic carbocycles. The molecule has 22 heavy (non-hydrogen) atoms. The van der Waals surface area contributed by atoms with Crippen LogP contribution in [0.25, 0.3) is 0 Å². The Morgan fingerprint density at radius 1 is 1.41 bits per heavy atom. The van der Waals surface area contributed by atoms with Gasteiger partial charge in [0.1, 0.15) is 5.82 Å². The molecular weight excluding hydrogens is 296 g/mol. The summed E-state index contributed by atoms with van der Waals surface area (Å²) in [4.78, 5) is 12.0. The van der Waals surface area contributed by atoms with Crippen LogP contribution in [0.3, 0.4) is 0 Å². The Morgan fingerprint density at radius 3 is 3.14 bits per heavy atom. The van der Waals surface area contributed by atoms with E-state index in [-0.39, 0.29) is 6.03 Å². The predicted octanol–water partition coefficient (Wildman–Crippen LogP) is 3.62. The molecule has 0 fully saturated rings. The van der Waals surface area contributed by atoms with Gasteiger partial charge in [-0.15, -0.1) is 0 Å². The van der Waals surface area contributed by atoms with E-state index in [4.69, 9.17) is 0 Å². The number of thiophene rings is 1. The lowest BCUT2D eigenvalue weighted by atomic mass is 9.94. The van der Waals surface area contributed by atoms with Crippen LogP contribution in [-0.4, -0.2) is 15.8 Å². The van der Waals surface area contributed by atoms with Gasteiger partial charge >= 0.3 is 6.03 Å². The Bertz CT molecular complexity index is 632. The average Bonchev–Trinajstić information content (AvgIpc) is 3.19. The van der Waals surface area contributed by atoms with Crippen LogP contribution in [0.2, 0.25) is 0 Å². The van der Waals surface area contributed by atoms with Gasteiger partial charge in [-0.1, -0.05) is 12.2 Å². The van der Waals surface area contributed by atoms with Gasteiger partial charge in [0, 0.05) is 19.2 Å². The number of anilines is 1. The van der Waals surface area contributed by atoms with E-state index in [1.807, 2.05) is 27.6 Å². The highest BCUT2D eigenvalue weighted by atomic mass is 32.1. The highest BCUT2D eigenvalue weighted by Gasteiger charge is 2.14. The van der Waals surface area contributed by atoms with Gasteiger partial charge in [0.05, 0.1) is 6.20 Å². The summed E-state index contributed by atoms with van der Waals surface area (Å²) >= 11 is 1.63. The molecule has 2 N–H and O–H groups in total.